The molecule has 1 saturated heterocycles. The van der Waals surface area contributed by atoms with Crippen molar-refractivity contribution in [2.45, 2.75) is 25.8 Å². The fraction of sp³-hybridized carbons (Fsp3) is 0.462. The highest BCUT2D eigenvalue weighted by Crippen LogP contribution is 2.16. The maximum Gasteiger partial charge on any atom is 0.241 e. The van der Waals surface area contributed by atoms with Gasteiger partial charge in [0.1, 0.15) is 5.75 Å². The molecule has 0 aliphatic carbocycles. The fourth-order valence-electron chi connectivity index (χ4n) is 1.94. The second kappa shape index (κ2) is 5.68. The summed E-state index contributed by atoms with van der Waals surface area (Å²) in [5, 5.41) is 6.07. The Balaban J connectivity index is 1.91. The van der Waals surface area contributed by atoms with Crippen LogP contribution in [0.25, 0.3) is 0 Å². The summed E-state index contributed by atoms with van der Waals surface area (Å²) in [6.07, 6.45) is 1.99. The van der Waals surface area contributed by atoms with Crippen molar-refractivity contribution in [3.8, 4) is 5.75 Å². The third kappa shape index (κ3) is 3.20. The molecular weight excluding hydrogens is 216 g/mol. The van der Waals surface area contributed by atoms with Gasteiger partial charge in [-0.25, -0.2) is 0 Å². The Morgan fingerprint density at radius 3 is 2.82 bits per heavy atom. The molecule has 0 bridgehead atoms. The van der Waals surface area contributed by atoms with Gasteiger partial charge >= 0.3 is 0 Å². The van der Waals surface area contributed by atoms with Gasteiger partial charge in [0.25, 0.3) is 0 Å². The summed E-state index contributed by atoms with van der Waals surface area (Å²) in [6.45, 7) is 3.53. The molecule has 0 spiro atoms. The van der Waals surface area contributed by atoms with Crippen molar-refractivity contribution in [1.29, 1.82) is 0 Å². The lowest BCUT2D eigenvalue weighted by Gasteiger charge is -2.11. The number of hydrogen-bond acceptors (Lipinski definition) is 3. The lowest BCUT2D eigenvalue weighted by Crippen LogP contribution is -2.35. The molecule has 4 nitrogen and oxygen atoms in total. The molecule has 4 heteroatoms. The second-order valence-corrected chi connectivity index (χ2v) is 4.10. The van der Waals surface area contributed by atoms with Crippen molar-refractivity contribution in [2.75, 3.05) is 18.5 Å². The van der Waals surface area contributed by atoms with E-state index < -0.39 is 0 Å². The van der Waals surface area contributed by atoms with E-state index in [0.29, 0.717) is 6.61 Å². The van der Waals surface area contributed by atoms with Crippen molar-refractivity contribution in [2.24, 2.45) is 0 Å². The Morgan fingerprint density at radius 2 is 2.24 bits per heavy atom. The molecule has 1 aliphatic rings. The minimum atomic E-state index is -0.0402. The number of carbonyl (C=O) groups excluding carboxylic acids is 1. The number of anilines is 1. The molecule has 0 saturated carbocycles. The van der Waals surface area contributed by atoms with Gasteiger partial charge in [0.05, 0.1) is 12.6 Å². The van der Waals surface area contributed by atoms with Gasteiger partial charge in [-0.3, -0.25) is 4.79 Å². The first-order valence-electron chi connectivity index (χ1n) is 6.06. The highest BCUT2D eigenvalue weighted by molar-refractivity contribution is 5.95. The number of carbonyl (C=O) groups is 1. The highest BCUT2D eigenvalue weighted by atomic mass is 16.5. The van der Waals surface area contributed by atoms with E-state index >= 15 is 0 Å². The standard InChI is InChI=1S/C13H18N2O2/c1-2-17-11-7-5-10(6-8-11)15-13(16)12-4-3-9-14-12/h5-8,12,14H,2-4,9H2,1H3,(H,15,16)/t12-/m0/s1. The molecule has 0 unspecified atom stereocenters. The minimum Gasteiger partial charge on any atom is -0.494 e. The lowest BCUT2D eigenvalue weighted by atomic mass is 10.2. The number of amides is 1. The van der Waals surface area contributed by atoms with E-state index in [2.05, 4.69) is 10.6 Å². The molecule has 1 amide bonds. The van der Waals surface area contributed by atoms with Gasteiger partial charge in [0.2, 0.25) is 5.91 Å². The Kier molecular flexibility index (Phi) is 3.98. The van der Waals surface area contributed by atoms with Gasteiger partial charge in [-0.15, -0.1) is 0 Å². The van der Waals surface area contributed by atoms with Crippen molar-refractivity contribution in [3.05, 3.63) is 24.3 Å². The van der Waals surface area contributed by atoms with Crippen molar-refractivity contribution < 1.29 is 9.53 Å². The lowest BCUT2D eigenvalue weighted by molar-refractivity contribution is -0.117. The van der Waals surface area contributed by atoms with Crippen molar-refractivity contribution in [3.63, 3.8) is 0 Å². The van der Waals surface area contributed by atoms with Crippen molar-refractivity contribution in [1.82, 2.24) is 5.32 Å². The van der Waals surface area contributed by atoms with Crippen LogP contribution >= 0.6 is 0 Å². The summed E-state index contributed by atoms with van der Waals surface area (Å²) < 4.78 is 5.34. The van der Waals surface area contributed by atoms with Crippen LogP contribution in [0, 0.1) is 0 Å². The summed E-state index contributed by atoms with van der Waals surface area (Å²) in [6, 6.07) is 7.40. The summed E-state index contributed by atoms with van der Waals surface area (Å²) in [5.74, 6) is 0.871. The summed E-state index contributed by atoms with van der Waals surface area (Å²) in [7, 11) is 0. The van der Waals surface area contributed by atoms with E-state index in [0.717, 1.165) is 30.8 Å². The zero-order valence-corrected chi connectivity index (χ0v) is 10.0. The fourth-order valence-corrected chi connectivity index (χ4v) is 1.94. The summed E-state index contributed by atoms with van der Waals surface area (Å²) >= 11 is 0. The number of rotatable bonds is 4. The molecule has 0 aromatic heterocycles. The summed E-state index contributed by atoms with van der Waals surface area (Å²) in [4.78, 5) is 11.8. The number of ether oxygens (including phenoxy) is 1. The summed E-state index contributed by atoms with van der Waals surface area (Å²) in [5.41, 5.74) is 0.812. The predicted molar refractivity (Wildman–Crippen MR) is 67.3 cm³/mol. The Hall–Kier alpha value is -1.55. The smallest absolute Gasteiger partial charge is 0.241 e. The largest absolute Gasteiger partial charge is 0.494 e. The number of hydrogen-bond donors (Lipinski definition) is 2. The van der Waals surface area contributed by atoms with Crippen LogP contribution in [0.3, 0.4) is 0 Å². The molecule has 1 aromatic rings. The molecule has 2 N–H and O–H groups in total. The van der Waals surface area contributed by atoms with Crippen LogP contribution in [-0.4, -0.2) is 25.1 Å². The molecule has 1 heterocycles. The average molecular weight is 234 g/mol. The van der Waals surface area contributed by atoms with Gasteiger partial charge in [0, 0.05) is 5.69 Å². The van der Waals surface area contributed by atoms with Crippen LogP contribution in [0.1, 0.15) is 19.8 Å². The molecule has 1 fully saturated rings. The first-order valence-corrected chi connectivity index (χ1v) is 6.06. The van der Waals surface area contributed by atoms with Crippen LogP contribution in [0.15, 0.2) is 24.3 Å². The maximum absolute atomic E-state index is 11.8. The molecular formula is C13H18N2O2. The van der Waals surface area contributed by atoms with E-state index in [9.17, 15) is 4.79 Å². The molecule has 1 aliphatic heterocycles. The first kappa shape index (κ1) is 11.9. The Labute approximate surface area is 101 Å². The Morgan fingerprint density at radius 1 is 1.47 bits per heavy atom. The van der Waals surface area contributed by atoms with E-state index in [1.807, 2.05) is 31.2 Å². The average Bonchev–Trinajstić information content (AvgIpc) is 2.86. The molecule has 2 rings (SSSR count). The maximum atomic E-state index is 11.8. The van der Waals surface area contributed by atoms with Gasteiger partial charge in [-0.05, 0) is 50.6 Å². The van der Waals surface area contributed by atoms with Crippen LogP contribution in [0.4, 0.5) is 5.69 Å². The normalized spacial score (nSPS) is 19.0. The van der Waals surface area contributed by atoms with Crippen LogP contribution in [0.5, 0.6) is 5.75 Å². The van der Waals surface area contributed by atoms with Crippen molar-refractivity contribution >= 4 is 11.6 Å². The quantitative estimate of drug-likeness (QED) is 0.835. The number of benzene rings is 1. The van der Waals surface area contributed by atoms with E-state index in [1.54, 1.807) is 0 Å². The van der Waals surface area contributed by atoms with E-state index in [4.69, 9.17) is 4.74 Å². The number of nitrogens with one attached hydrogen (secondary N) is 2. The van der Waals surface area contributed by atoms with E-state index in [1.165, 1.54) is 0 Å². The molecule has 92 valence electrons. The van der Waals surface area contributed by atoms with Crippen LogP contribution in [-0.2, 0) is 4.79 Å². The second-order valence-electron chi connectivity index (χ2n) is 4.10. The monoisotopic (exact) mass is 234 g/mol. The molecule has 0 radical (unpaired) electrons. The van der Waals surface area contributed by atoms with Gasteiger partial charge in [0.15, 0.2) is 0 Å². The minimum absolute atomic E-state index is 0.0402. The SMILES string of the molecule is CCOc1ccc(NC(=O)[C@@H]2CCCN2)cc1. The zero-order chi connectivity index (χ0) is 12.1. The zero-order valence-electron chi connectivity index (χ0n) is 10.0. The van der Waals surface area contributed by atoms with Crippen LogP contribution < -0.4 is 15.4 Å². The third-order valence-corrected chi connectivity index (χ3v) is 2.81. The van der Waals surface area contributed by atoms with Gasteiger partial charge in [-0.1, -0.05) is 0 Å². The molecule has 1 aromatic carbocycles. The predicted octanol–water partition coefficient (Wildman–Crippen LogP) is 1.78. The van der Waals surface area contributed by atoms with Gasteiger partial charge < -0.3 is 15.4 Å². The molecule has 1 atom stereocenters. The van der Waals surface area contributed by atoms with Crippen LogP contribution in [0.2, 0.25) is 0 Å². The first-order chi connectivity index (χ1) is 8.29. The van der Waals surface area contributed by atoms with Gasteiger partial charge in [-0.2, -0.15) is 0 Å². The van der Waals surface area contributed by atoms with E-state index in [-0.39, 0.29) is 11.9 Å². The highest BCUT2D eigenvalue weighted by Gasteiger charge is 2.21. The molecule has 17 heavy (non-hydrogen) atoms. The Bertz CT molecular complexity index is 370. The third-order valence-electron chi connectivity index (χ3n) is 2.81. The topological polar surface area (TPSA) is 50.4 Å².